The van der Waals surface area contributed by atoms with Crippen molar-refractivity contribution in [2.75, 3.05) is 24.3 Å². The molecule has 0 fully saturated rings. The van der Waals surface area contributed by atoms with Crippen molar-refractivity contribution in [3.8, 4) is 0 Å². The SMILES string of the molecule is CN(C)c1ccc(NCc2cc(F)ccc2Br)cn1. The normalized spacial score (nSPS) is 10.3. The van der Waals surface area contributed by atoms with Gasteiger partial charge in [0.05, 0.1) is 11.9 Å². The van der Waals surface area contributed by atoms with Crippen LogP contribution in [-0.4, -0.2) is 19.1 Å². The van der Waals surface area contributed by atoms with Crippen LogP contribution in [0.4, 0.5) is 15.9 Å². The molecule has 1 heterocycles. The predicted molar refractivity (Wildman–Crippen MR) is 80.0 cm³/mol. The van der Waals surface area contributed by atoms with Crippen molar-refractivity contribution in [3.05, 3.63) is 52.4 Å². The zero-order chi connectivity index (χ0) is 13.8. The quantitative estimate of drug-likeness (QED) is 0.930. The number of aromatic nitrogens is 1. The second-order valence-corrected chi connectivity index (χ2v) is 5.24. The summed E-state index contributed by atoms with van der Waals surface area (Å²) in [6, 6.07) is 8.54. The Hall–Kier alpha value is -1.62. The molecule has 0 aliphatic heterocycles. The van der Waals surface area contributed by atoms with Gasteiger partial charge in [0.15, 0.2) is 0 Å². The Labute approximate surface area is 120 Å². The molecule has 0 saturated carbocycles. The van der Waals surface area contributed by atoms with Crippen LogP contribution >= 0.6 is 15.9 Å². The van der Waals surface area contributed by atoms with Crippen LogP contribution in [0.2, 0.25) is 0 Å². The third-order valence-corrected chi connectivity index (χ3v) is 3.47. The number of rotatable bonds is 4. The summed E-state index contributed by atoms with van der Waals surface area (Å²) in [7, 11) is 3.89. The van der Waals surface area contributed by atoms with Crippen LogP contribution in [0.5, 0.6) is 0 Å². The summed E-state index contributed by atoms with van der Waals surface area (Å²) >= 11 is 3.41. The van der Waals surface area contributed by atoms with Gasteiger partial charge in [-0.05, 0) is 35.9 Å². The van der Waals surface area contributed by atoms with E-state index in [2.05, 4.69) is 26.2 Å². The van der Waals surface area contributed by atoms with Gasteiger partial charge >= 0.3 is 0 Å². The lowest BCUT2D eigenvalue weighted by molar-refractivity contribution is 0.625. The largest absolute Gasteiger partial charge is 0.380 e. The van der Waals surface area contributed by atoms with Crippen molar-refractivity contribution < 1.29 is 4.39 Å². The lowest BCUT2D eigenvalue weighted by atomic mass is 10.2. The van der Waals surface area contributed by atoms with Crippen LogP contribution < -0.4 is 10.2 Å². The molecular formula is C14H15BrFN3. The maximum atomic E-state index is 13.1. The van der Waals surface area contributed by atoms with Crippen LogP contribution in [0.3, 0.4) is 0 Å². The van der Waals surface area contributed by atoms with Gasteiger partial charge in [-0.15, -0.1) is 0 Å². The predicted octanol–water partition coefficient (Wildman–Crippen LogP) is 3.66. The highest BCUT2D eigenvalue weighted by Gasteiger charge is 2.02. The molecule has 0 radical (unpaired) electrons. The Morgan fingerprint density at radius 3 is 2.68 bits per heavy atom. The van der Waals surface area contributed by atoms with Crippen LogP contribution in [0.25, 0.3) is 0 Å². The summed E-state index contributed by atoms with van der Waals surface area (Å²) in [6.45, 7) is 0.543. The number of hydrogen-bond donors (Lipinski definition) is 1. The van der Waals surface area contributed by atoms with E-state index >= 15 is 0 Å². The summed E-state index contributed by atoms with van der Waals surface area (Å²) < 4.78 is 14.0. The van der Waals surface area contributed by atoms with E-state index in [1.54, 1.807) is 12.3 Å². The third-order valence-electron chi connectivity index (χ3n) is 2.70. The molecule has 5 heteroatoms. The van der Waals surface area contributed by atoms with Gasteiger partial charge in [-0.25, -0.2) is 9.37 Å². The van der Waals surface area contributed by atoms with Gasteiger partial charge < -0.3 is 10.2 Å². The third kappa shape index (κ3) is 3.67. The molecule has 0 aliphatic carbocycles. The van der Waals surface area contributed by atoms with E-state index in [4.69, 9.17) is 0 Å². The van der Waals surface area contributed by atoms with Gasteiger partial charge in [0.2, 0.25) is 0 Å². The summed E-state index contributed by atoms with van der Waals surface area (Å²) in [5, 5.41) is 3.22. The number of nitrogens with one attached hydrogen (secondary N) is 1. The van der Waals surface area contributed by atoms with Crippen molar-refractivity contribution in [1.29, 1.82) is 0 Å². The summed E-state index contributed by atoms with van der Waals surface area (Å²) in [5.41, 5.74) is 1.78. The molecule has 1 N–H and O–H groups in total. The van der Waals surface area contributed by atoms with Crippen molar-refractivity contribution in [1.82, 2.24) is 4.98 Å². The van der Waals surface area contributed by atoms with E-state index < -0.39 is 0 Å². The Bertz CT molecular complexity index is 555. The number of pyridine rings is 1. The molecule has 2 rings (SSSR count). The number of halogens is 2. The molecule has 3 nitrogen and oxygen atoms in total. The van der Waals surface area contributed by atoms with Gasteiger partial charge in [-0.2, -0.15) is 0 Å². The number of benzene rings is 1. The minimum atomic E-state index is -0.235. The molecule has 1 aromatic carbocycles. The molecule has 0 saturated heterocycles. The molecule has 1 aromatic heterocycles. The van der Waals surface area contributed by atoms with Gasteiger partial charge in [-0.1, -0.05) is 15.9 Å². The molecule has 0 bridgehead atoms. The second-order valence-electron chi connectivity index (χ2n) is 4.39. The first-order valence-corrected chi connectivity index (χ1v) is 6.67. The van der Waals surface area contributed by atoms with E-state index in [1.807, 2.05) is 31.1 Å². The average Bonchev–Trinajstić information content (AvgIpc) is 2.40. The lowest BCUT2D eigenvalue weighted by Crippen LogP contribution is -2.10. The van der Waals surface area contributed by atoms with Gasteiger partial charge in [0.25, 0.3) is 0 Å². The minimum Gasteiger partial charge on any atom is -0.380 e. The standard InChI is InChI=1S/C14H15BrFN3/c1-19(2)14-6-4-12(9-18-14)17-8-10-7-11(16)3-5-13(10)15/h3-7,9,17H,8H2,1-2H3. The average molecular weight is 324 g/mol. The van der Waals surface area contributed by atoms with Crippen LogP contribution in [0.1, 0.15) is 5.56 Å². The highest BCUT2D eigenvalue weighted by Crippen LogP contribution is 2.19. The van der Waals surface area contributed by atoms with Crippen molar-refractivity contribution >= 4 is 27.4 Å². The van der Waals surface area contributed by atoms with Crippen LogP contribution in [0.15, 0.2) is 41.0 Å². The molecule has 100 valence electrons. The van der Waals surface area contributed by atoms with Crippen molar-refractivity contribution in [2.24, 2.45) is 0 Å². The fourth-order valence-electron chi connectivity index (χ4n) is 1.63. The molecule has 0 atom stereocenters. The second kappa shape index (κ2) is 6.02. The van der Waals surface area contributed by atoms with E-state index in [1.165, 1.54) is 12.1 Å². The van der Waals surface area contributed by atoms with E-state index in [9.17, 15) is 4.39 Å². The number of nitrogens with zero attached hydrogens (tertiary/aromatic N) is 2. The Morgan fingerprint density at radius 1 is 1.26 bits per heavy atom. The summed E-state index contributed by atoms with van der Waals surface area (Å²) in [4.78, 5) is 6.25. The van der Waals surface area contributed by atoms with Crippen LogP contribution in [0, 0.1) is 5.82 Å². The fourth-order valence-corrected chi connectivity index (χ4v) is 2.02. The maximum absolute atomic E-state index is 13.1. The molecule has 0 spiro atoms. The summed E-state index contributed by atoms with van der Waals surface area (Å²) in [5.74, 6) is 0.665. The smallest absolute Gasteiger partial charge is 0.128 e. The molecule has 0 aliphatic rings. The fraction of sp³-hybridized carbons (Fsp3) is 0.214. The van der Waals surface area contributed by atoms with E-state index in [0.29, 0.717) is 6.54 Å². The Balaban J connectivity index is 2.04. The lowest BCUT2D eigenvalue weighted by Gasteiger charge is -2.12. The zero-order valence-corrected chi connectivity index (χ0v) is 12.4. The maximum Gasteiger partial charge on any atom is 0.128 e. The molecular weight excluding hydrogens is 309 g/mol. The first kappa shape index (κ1) is 13.8. The molecule has 0 unspecified atom stereocenters. The number of hydrogen-bond acceptors (Lipinski definition) is 3. The highest BCUT2D eigenvalue weighted by atomic mass is 79.9. The minimum absolute atomic E-state index is 0.235. The topological polar surface area (TPSA) is 28.2 Å². The number of anilines is 2. The molecule has 0 amide bonds. The van der Waals surface area contributed by atoms with Gasteiger partial charge in [0.1, 0.15) is 11.6 Å². The summed E-state index contributed by atoms with van der Waals surface area (Å²) in [6.07, 6.45) is 1.77. The van der Waals surface area contributed by atoms with Crippen molar-refractivity contribution in [3.63, 3.8) is 0 Å². The van der Waals surface area contributed by atoms with Gasteiger partial charge in [-0.3, -0.25) is 0 Å². The highest BCUT2D eigenvalue weighted by molar-refractivity contribution is 9.10. The molecule has 19 heavy (non-hydrogen) atoms. The first-order valence-electron chi connectivity index (χ1n) is 5.87. The monoisotopic (exact) mass is 323 g/mol. The zero-order valence-electron chi connectivity index (χ0n) is 10.8. The first-order chi connectivity index (χ1) is 9.06. The Morgan fingerprint density at radius 2 is 2.05 bits per heavy atom. The van der Waals surface area contributed by atoms with Crippen molar-refractivity contribution in [2.45, 2.75) is 6.54 Å². The van der Waals surface area contributed by atoms with Crippen LogP contribution in [-0.2, 0) is 6.54 Å². The Kier molecular flexibility index (Phi) is 4.37. The van der Waals surface area contributed by atoms with E-state index in [-0.39, 0.29) is 5.82 Å². The molecule has 2 aromatic rings. The van der Waals surface area contributed by atoms with E-state index in [0.717, 1.165) is 21.5 Å². The van der Waals surface area contributed by atoms with Gasteiger partial charge in [0, 0.05) is 25.1 Å².